The zero-order valence-electron chi connectivity index (χ0n) is 13.4. The average molecular weight is 301 g/mol. The summed E-state index contributed by atoms with van der Waals surface area (Å²) in [5.41, 5.74) is 0.590. The number of rotatable bonds is 7. The Morgan fingerprint density at radius 2 is 1.95 bits per heavy atom. The van der Waals surface area contributed by atoms with Crippen LogP contribution in [0.15, 0.2) is 17.2 Å². The summed E-state index contributed by atoms with van der Waals surface area (Å²) in [5, 5.41) is 3.06. The number of aromatic nitrogens is 1. The van der Waals surface area contributed by atoms with Gasteiger partial charge in [-0.05, 0) is 40.3 Å². The molecule has 0 aliphatic rings. The van der Waals surface area contributed by atoms with Crippen LogP contribution in [0.3, 0.4) is 0 Å². The lowest BCUT2D eigenvalue weighted by Crippen LogP contribution is -2.44. The van der Waals surface area contributed by atoms with Crippen molar-refractivity contribution in [2.45, 2.75) is 57.6 Å². The number of hydrogen-bond donors (Lipinski definition) is 1. The van der Waals surface area contributed by atoms with E-state index >= 15 is 0 Å². The second-order valence-electron chi connectivity index (χ2n) is 5.62. The Labute approximate surface area is 123 Å². The van der Waals surface area contributed by atoms with Gasteiger partial charge in [-0.1, -0.05) is 6.92 Å². The van der Waals surface area contributed by atoms with Crippen LogP contribution in [0.5, 0.6) is 0 Å². The Bertz CT molecular complexity index is 547. The van der Waals surface area contributed by atoms with Gasteiger partial charge in [-0.3, -0.25) is 0 Å². The first-order chi connectivity index (χ1) is 9.20. The van der Waals surface area contributed by atoms with E-state index in [4.69, 9.17) is 0 Å². The van der Waals surface area contributed by atoms with Crippen LogP contribution in [-0.4, -0.2) is 36.9 Å². The van der Waals surface area contributed by atoms with Crippen LogP contribution in [0, 0.1) is 0 Å². The van der Waals surface area contributed by atoms with Crippen LogP contribution in [0.25, 0.3) is 0 Å². The molecular formula is C14H27N3O2S. The number of sulfonamides is 1. The van der Waals surface area contributed by atoms with E-state index in [1.807, 2.05) is 39.3 Å². The lowest BCUT2D eigenvalue weighted by molar-refractivity contribution is 0.257. The van der Waals surface area contributed by atoms with Gasteiger partial charge in [0, 0.05) is 37.6 Å². The quantitative estimate of drug-likeness (QED) is 0.838. The molecule has 1 N–H and O–H groups in total. The molecule has 5 nitrogen and oxygen atoms in total. The first kappa shape index (κ1) is 17.2. The summed E-state index contributed by atoms with van der Waals surface area (Å²) in [5.74, 6) is 0. The molecule has 1 rings (SSSR count). The lowest BCUT2D eigenvalue weighted by atomic mass is 10.0. The summed E-state index contributed by atoms with van der Waals surface area (Å²) >= 11 is 0. The molecule has 1 aromatic heterocycles. The Kier molecular flexibility index (Phi) is 5.40. The molecule has 0 saturated heterocycles. The van der Waals surface area contributed by atoms with Gasteiger partial charge in [-0.2, -0.15) is 4.31 Å². The van der Waals surface area contributed by atoms with Gasteiger partial charge in [0.25, 0.3) is 0 Å². The highest BCUT2D eigenvalue weighted by atomic mass is 32.2. The standard InChI is InChI=1S/C14H27N3O2S/c1-7-14(3,4)16(6)20(18,19)13-9-12(10-15-5)17(8-2)11-13/h9,11,15H,7-8,10H2,1-6H3. The minimum absolute atomic E-state index is 0.369. The van der Waals surface area contributed by atoms with Crippen LogP contribution in [-0.2, 0) is 23.1 Å². The summed E-state index contributed by atoms with van der Waals surface area (Å²) in [6.45, 7) is 9.30. The Hall–Kier alpha value is -0.850. The monoisotopic (exact) mass is 301 g/mol. The van der Waals surface area contributed by atoms with Crippen molar-refractivity contribution in [3.05, 3.63) is 18.0 Å². The molecule has 0 atom stereocenters. The van der Waals surface area contributed by atoms with E-state index in [-0.39, 0.29) is 0 Å². The molecular weight excluding hydrogens is 274 g/mol. The Balaban J connectivity index is 3.22. The molecule has 20 heavy (non-hydrogen) atoms. The van der Waals surface area contributed by atoms with Crippen molar-refractivity contribution in [1.29, 1.82) is 0 Å². The molecule has 0 amide bonds. The van der Waals surface area contributed by atoms with Crippen molar-refractivity contribution >= 4 is 10.0 Å². The van der Waals surface area contributed by atoms with E-state index in [0.717, 1.165) is 18.7 Å². The van der Waals surface area contributed by atoms with Crippen LogP contribution in [0.2, 0.25) is 0 Å². The molecule has 116 valence electrons. The minimum Gasteiger partial charge on any atom is -0.349 e. The molecule has 1 aromatic rings. The van der Waals surface area contributed by atoms with E-state index < -0.39 is 15.6 Å². The molecule has 0 bridgehead atoms. The topological polar surface area (TPSA) is 54.3 Å². The average Bonchev–Trinajstić information content (AvgIpc) is 2.82. The summed E-state index contributed by atoms with van der Waals surface area (Å²) in [6, 6.07) is 1.76. The van der Waals surface area contributed by atoms with Gasteiger partial charge in [0.15, 0.2) is 0 Å². The van der Waals surface area contributed by atoms with Crippen LogP contribution < -0.4 is 5.32 Å². The molecule has 6 heteroatoms. The highest BCUT2D eigenvalue weighted by molar-refractivity contribution is 7.89. The fourth-order valence-electron chi connectivity index (χ4n) is 2.00. The van der Waals surface area contributed by atoms with Gasteiger partial charge < -0.3 is 9.88 Å². The highest BCUT2D eigenvalue weighted by Crippen LogP contribution is 2.26. The zero-order chi connectivity index (χ0) is 15.6. The molecule has 0 aromatic carbocycles. The summed E-state index contributed by atoms with van der Waals surface area (Å²) in [7, 11) is 0.0532. The summed E-state index contributed by atoms with van der Waals surface area (Å²) < 4.78 is 28.9. The van der Waals surface area contributed by atoms with Gasteiger partial charge in [-0.25, -0.2) is 8.42 Å². The van der Waals surface area contributed by atoms with Gasteiger partial charge in [-0.15, -0.1) is 0 Å². The van der Waals surface area contributed by atoms with Crippen molar-refractivity contribution in [2.75, 3.05) is 14.1 Å². The van der Waals surface area contributed by atoms with Crippen molar-refractivity contribution < 1.29 is 8.42 Å². The van der Waals surface area contributed by atoms with Gasteiger partial charge >= 0.3 is 0 Å². The SMILES string of the molecule is CCn1cc(S(=O)(=O)N(C)C(C)(C)CC)cc1CNC. The van der Waals surface area contributed by atoms with Gasteiger partial charge in [0.05, 0.1) is 0 Å². The normalized spacial score (nSPS) is 13.2. The molecule has 0 unspecified atom stereocenters. The molecule has 0 radical (unpaired) electrons. The maximum Gasteiger partial charge on any atom is 0.244 e. The third-order valence-electron chi connectivity index (χ3n) is 4.04. The van der Waals surface area contributed by atoms with Crippen molar-refractivity contribution in [3.63, 3.8) is 0 Å². The lowest BCUT2D eigenvalue weighted by Gasteiger charge is -2.33. The van der Waals surface area contributed by atoms with E-state index in [0.29, 0.717) is 11.4 Å². The first-order valence-corrected chi connectivity index (χ1v) is 8.47. The summed E-state index contributed by atoms with van der Waals surface area (Å²) in [4.78, 5) is 0.369. The highest BCUT2D eigenvalue weighted by Gasteiger charge is 2.33. The summed E-state index contributed by atoms with van der Waals surface area (Å²) in [6.07, 6.45) is 2.49. The van der Waals surface area contributed by atoms with Crippen LogP contribution in [0.1, 0.15) is 39.8 Å². The number of nitrogens with zero attached hydrogens (tertiary/aromatic N) is 2. The zero-order valence-corrected chi connectivity index (χ0v) is 14.2. The third kappa shape index (κ3) is 3.24. The first-order valence-electron chi connectivity index (χ1n) is 7.03. The molecule has 0 saturated carbocycles. The van der Waals surface area contributed by atoms with E-state index in [1.54, 1.807) is 19.3 Å². The van der Waals surface area contributed by atoms with Crippen LogP contribution in [0.4, 0.5) is 0 Å². The smallest absolute Gasteiger partial charge is 0.244 e. The second kappa shape index (κ2) is 6.28. The fourth-order valence-corrected chi connectivity index (χ4v) is 3.64. The number of aryl methyl sites for hydroxylation is 1. The van der Waals surface area contributed by atoms with E-state index in [9.17, 15) is 8.42 Å². The molecule has 0 aliphatic carbocycles. The van der Waals surface area contributed by atoms with Crippen molar-refractivity contribution in [1.82, 2.24) is 14.2 Å². The largest absolute Gasteiger partial charge is 0.349 e. The molecule has 1 heterocycles. The van der Waals surface area contributed by atoms with Crippen molar-refractivity contribution in [3.8, 4) is 0 Å². The molecule has 0 spiro atoms. The Morgan fingerprint density at radius 3 is 2.40 bits per heavy atom. The maximum absolute atomic E-state index is 12.7. The molecule has 0 fully saturated rings. The second-order valence-corrected chi connectivity index (χ2v) is 7.59. The molecule has 0 aliphatic heterocycles. The number of hydrogen-bond acceptors (Lipinski definition) is 3. The number of nitrogens with one attached hydrogen (secondary N) is 1. The van der Waals surface area contributed by atoms with E-state index in [1.165, 1.54) is 4.31 Å². The van der Waals surface area contributed by atoms with E-state index in [2.05, 4.69) is 5.32 Å². The minimum atomic E-state index is -3.45. The third-order valence-corrected chi connectivity index (χ3v) is 6.07. The van der Waals surface area contributed by atoms with Gasteiger partial charge in [0.2, 0.25) is 10.0 Å². The van der Waals surface area contributed by atoms with Crippen molar-refractivity contribution in [2.24, 2.45) is 0 Å². The van der Waals surface area contributed by atoms with Crippen LogP contribution >= 0.6 is 0 Å². The fraction of sp³-hybridized carbons (Fsp3) is 0.714. The predicted molar refractivity (Wildman–Crippen MR) is 82.2 cm³/mol. The maximum atomic E-state index is 12.7. The Morgan fingerprint density at radius 1 is 1.35 bits per heavy atom. The predicted octanol–water partition coefficient (Wildman–Crippen LogP) is 2.04. The van der Waals surface area contributed by atoms with Gasteiger partial charge in [0.1, 0.15) is 4.90 Å².